The van der Waals surface area contributed by atoms with Gasteiger partial charge in [0.25, 0.3) is 0 Å². The summed E-state index contributed by atoms with van der Waals surface area (Å²) in [7, 11) is 3.39. The predicted molar refractivity (Wildman–Crippen MR) is 74.2 cm³/mol. The molecule has 0 fully saturated rings. The van der Waals surface area contributed by atoms with Gasteiger partial charge in [-0.25, -0.2) is 0 Å². The van der Waals surface area contributed by atoms with Gasteiger partial charge in [0.15, 0.2) is 0 Å². The zero-order valence-corrected chi connectivity index (χ0v) is 11.7. The van der Waals surface area contributed by atoms with Crippen LogP contribution in [0.2, 0.25) is 0 Å². The molecule has 1 aliphatic rings. The summed E-state index contributed by atoms with van der Waals surface area (Å²) in [6, 6.07) is 12.4. The van der Waals surface area contributed by atoms with Crippen LogP contribution in [0.25, 0.3) is 0 Å². The maximum absolute atomic E-state index is 5.27. The van der Waals surface area contributed by atoms with E-state index in [1.54, 1.807) is 37.7 Å². The predicted octanol–water partition coefficient (Wildman–Crippen LogP) is 4.32. The lowest BCUT2D eigenvalue weighted by Gasteiger charge is -2.19. The molecule has 92 valence electrons. The standard InChI is InChI=1S/C14H12O2S2/c1-15-9-3-5-11-13(7-9)18-14-8-10(16-2)4-6-12(14)17-11/h3-8H,1-2H3. The number of ether oxygens (including phenoxy) is 2. The molecule has 4 heteroatoms. The lowest BCUT2D eigenvalue weighted by molar-refractivity contribution is 0.412. The fraction of sp³-hybridized carbons (Fsp3) is 0.143. The fourth-order valence-corrected chi connectivity index (χ4v) is 4.05. The first kappa shape index (κ1) is 11.8. The van der Waals surface area contributed by atoms with E-state index in [2.05, 4.69) is 24.3 Å². The molecule has 0 atom stereocenters. The van der Waals surface area contributed by atoms with Gasteiger partial charge in [-0.05, 0) is 36.4 Å². The van der Waals surface area contributed by atoms with Crippen molar-refractivity contribution in [2.75, 3.05) is 14.2 Å². The van der Waals surface area contributed by atoms with E-state index in [-0.39, 0.29) is 0 Å². The summed E-state index contributed by atoms with van der Waals surface area (Å²) in [5, 5.41) is 0. The summed E-state index contributed by atoms with van der Waals surface area (Å²) in [6.45, 7) is 0. The maximum atomic E-state index is 5.27. The zero-order valence-electron chi connectivity index (χ0n) is 10.1. The van der Waals surface area contributed by atoms with Gasteiger partial charge in [-0.3, -0.25) is 0 Å². The van der Waals surface area contributed by atoms with Crippen LogP contribution >= 0.6 is 23.5 Å². The third kappa shape index (κ3) is 2.06. The summed E-state index contributed by atoms with van der Waals surface area (Å²) in [4.78, 5) is 5.03. The molecule has 0 saturated carbocycles. The van der Waals surface area contributed by atoms with Gasteiger partial charge in [-0.2, -0.15) is 0 Å². The average molecular weight is 276 g/mol. The molecule has 0 saturated heterocycles. The number of methoxy groups -OCH3 is 2. The van der Waals surface area contributed by atoms with Crippen molar-refractivity contribution in [3.05, 3.63) is 36.4 Å². The SMILES string of the molecule is COc1ccc2c(c1)Sc1cc(OC)ccc1S2. The summed E-state index contributed by atoms with van der Waals surface area (Å²) >= 11 is 3.55. The first-order chi connectivity index (χ1) is 8.80. The normalized spacial score (nSPS) is 12.6. The molecule has 2 aromatic rings. The molecule has 2 aromatic carbocycles. The third-order valence-electron chi connectivity index (χ3n) is 2.74. The first-order valence-electron chi connectivity index (χ1n) is 5.52. The molecule has 18 heavy (non-hydrogen) atoms. The molecule has 3 rings (SSSR count). The Morgan fingerprint density at radius 1 is 0.667 bits per heavy atom. The van der Waals surface area contributed by atoms with Crippen LogP contribution in [0.1, 0.15) is 0 Å². The fourth-order valence-electron chi connectivity index (χ4n) is 1.80. The van der Waals surface area contributed by atoms with Crippen LogP contribution in [-0.4, -0.2) is 14.2 Å². The van der Waals surface area contributed by atoms with Crippen molar-refractivity contribution in [3.8, 4) is 11.5 Å². The van der Waals surface area contributed by atoms with Gasteiger partial charge in [0.1, 0.15) is 11.5 Å². The summed E-state index contributed by atoms with van der Waals surface area (Å²) in [5.41, 5.74) is 0. The highest BCUT2D eigenvalue weighted by Crippen LogP contribution is 2.50. The highest BCUT2D eigenvalue weighted by molar-refractivity contribution is 8.05. The van der Waals surface area contributed by atoms with Crippen molar-refractivity contribution in [1.29, 1.82) is 0 Å². The Labute approximate surface area is 115 Å². The Balaban J connectivity index is 2.01. The molecule has 0 N–H and O–H groups in total. The van der Waals surface area contributed by atoms with Gasteiger partial charge in [-0.15, -0.1) is 0 Å². The monoisotopic (exact) mass is 276 g/mol. The molecule has 0 aromatic heterocycles. The molecule has 1 aliphatic heterocycles. The third-order valence-corrected chi connectivity index (χ3v) is 5.27. The topological polar surface area (TPSA) is 18.5 Å². The van der Waals surface area contributed by atoms with E-state index >= 15 is 0 Å². The van der Waals surface area contributed by atoms with Crippen LogP contribution in [-0.2, 0) is 0 Å². The minimum atomic E-state index is 0.896. The molecule has 2 nitrogen and oxygen atoms in total. The van der Waals surface area contributed by atoms with Crippen molar-refractivity contribution in [2.24, 2.45) is 0 Å². The lowest BCUT2D eigenvalue weighted by atomic mass is 10.3. The second-order valence-electron chi connectivity index (χ2n) is 3.83. The van der Waals surface area contributed by atoms with Gasteiger partial charge >= 0.3 is 0 Å². The van der Waals surface area contributed by atoms with Gasteiger partial charge in [0, 0.05) is 19.6 Å². The van der Waals surface area contributed by atoms with Crippen molar-refractivity contribution >= 4 is 23.5 Å². The Kier molecular flexibility index (Phi) is 3.14. The van der Waals surface area contributed by atoms with E-state index in [4.69, 9.17) is 9.47 Å². The molecule has 0 bridgehead atoms. The largest absolute Gasteiger partial charge is 0.497 e. The van der Waals surface area contributed by atoms with Gasteiger partial charge in [0.2, 0.25) is 0 Å². The summed E-state index contributed by atoms with van der Waals surface area (Å²) in [6.07, 6.45) is 0. The minimum absolute atomic E-state index is 0.896. The quantitative estimate of drug-likeness (QED) is 0.693. The van der Waals surface area contributed by atoms with Gasteiger partial charge in [0.05, 0.1) is 14.2 Å². The van der Waals surface area contributed by atoms with Crippen LogP contribution in [0.3, 0.4) is 0 Å². The number of rotatable bonds is 2. The number of fused-ring (bicyclic) bond motifs is 2. The van der Waals surface area contributed by atoms with Crippen LogP contribution < -0.4 is 9.47 Å². The molecule has 1 heterocycles. The highest BCUT2D eigenvalue weighted by atomic mass is 32.2. The van der Waals surface area contributed by atoms with E-state index in [0.29, 0.717) is 0 Å². The minimum Gasteiger partial charge on any atom is -0.497 e. The van der Waals surface area contributed by atoms with Gasteiger partial charge < -0.3 is 9.47 Å². The maximum Gasteiger partial charge on any atom is 0.120 e. The smallest absolute Gasteiger partial charge is 0.120 e. The second-order valence-corrected chi connectivity index (χ2v) is 6.00. The number of hydrogen-bond donors (Lipinski definition) is 0. The highest BCUT2D eigenvalue weighted by Gasteiger charge is 2.18. The van der Waals surface area contributed by atoms with Crippen LogP contribution in [0, 0.1) is 0 Å². The van der Waals surface area contributed by atoms with Crippen LogP contribution in [0.5, 0.6) is 11.5 Å². The van der Waals surface area contributed by atoms with E-state index in [1.807, 2.05) is 12.1 Å². The summed E-state index contributed by atoms with van der Waals surface area (Å²) in [5.74, 6) is 1.79. The van der Waals surface area contributed by atoms with Crippen LogP contribution in [0.15, 0.2) is 56.0 Å². The Morgan fingerprint density at radius 2 is 1.11 bits per heavy atom. The molecular weight excluding hydrogens is 264 g/mol. The van der Waals surface area contributed by atoms with Crippen molar-refractivity contribution < 1.29 is 9.47 Å². The Bertz CT molecular complexity index is 545. The summed E-state index contributed by atoms with van der Waals surface area (Å²) < 4.78 is 10.5. The molecule has 0 radical (unpaired) electrons. The number of hydrogen-bond acceptors (Lipinski definition) is 4. The average Bonchev–Trinajstić information content (AvgIpc) is 2.43. The molecule has 0 amide bonds. The molecule has 0 unspecified atom stereocenters. The van der Waals surface area contributed by atoms with E-state index < -0.39 is 0 Å². The second kappa shape index (κ2) is 4.78. The first-order valence-corrected chi connectivity index (χ1v) is 7.15. The lowest BCUT2D eigenvalue weighted by Crippen LogP contribution is -1.92. The van der Waals surface area contributed by atoms with E-state index in [0.717, 1.165) is 11.5 Å². The zero-order chi connectivity index (χ0) is 12.5. The van der Waals surface area contributed by atoms with Crippen molar-refractivity contribution in [2.45, 2.75) is 19.6 Å². The molecule has 0 spiro atoms. The van der Waals surface area contributed by atoms with Crippen molar-refractivity contribution in [1.82, 2.24) is 0 Å². The molecular formula is C14H12O2S2. The van der Waals surface area contributed by atoms with E-state index in [1.165, 1.54) is 19.6 Å². The van der Waals surface area contributed by atoms with Gasteiger partial charge in [-0.1, -0.05) is 23.5 Å². The Hall–Kier alpha value is -1.26. The molecule has 0 aliphatic carbocycles. The number of benzene rings is 2. The van der Waals surface area contributed by atoms with Crippen molar-refractivity contribution in [3.63, 3.8) is 0 Å². The van der Waals surface area contributed by atoms with E-state index in [9.17, 15) is 0 Å². The Morgan fingerprint density at radius 3 is 1.56 bits per heavy atom. The van der Waals surface area contributed by atoms with Crippen LogP contribution in [0.4, 0.5) is 0 Å².